The predicted octanol–water partition coefficient (Wildman–Crippen LogP) is 2.12. The van der Waals surface area contributed by atoms with Gasteiger partial charge in [-0.05, 0) is 18.6 Å². The third kappa shape index (κ3) is 2.22. The number of aromatic nitrogens is 2. The van der Waals surface area contributed by atoms with E-state index in [2.05, 4.69) is 21.6 Å². The van der Waals surface area contributed by atoms with Gasteiger partial charge >= 0.3 is 0 Å². The van der Waals surface area contributed by atoms with Gasteiger partial charge in [0.25, 0.3) is 0 Å². The average molecular weight is 232 g/mol. The number of imidazole rings is 1. The van der Waals surface area contributed by atoms with Crippen LogP contribution in [0.2, 0.25) is 0 Å². The normalized spacial score (nSPS) is 14.1. The fourth-order valence-corrected chi connectivity index (χ4v) is 1.99. The van der Waals surface area contributed by atoms with Crippen molar-refractivity contribution in [2.75, 3.05) is 0 Å². The van der Waals surface area contributed by atoms with Crippen LogP contribution in [0.4, 0.5) is 0 Å². The van der Waals surface area contributed by atoms with Gasteiger partial charge in [-0.15, -0.1) is 0 Å². The minimum atomic E-state index is 0.165. The maximum atomic E-state index is 8.63. The molecular formula is C12H16N4O. The number of nitrogens with two attached hydrogens (primary N) is 1. The Labute approximate surface area is 99.6 Å². The molecule has 2 rings (SSSR count). The van der Waals surface area contributed by atoms with E-state index in [1.54, 1.807) is 0 Å². The molecule has 0 aliphatic rings. The first kappa shape index (κ1) is 11.4. The molecule has 0 aliphatic heterocycles. The molecule has 3 N–H and O–H groups in total. The number of benzene rings is 1. The largest absolute Gasteiger partial charge is 0.409 e. The molecule has 0 spiro atoms. The molecule has 1 heterocycles. The van der Waals surface area contributed by atoms with Crippen molar-refractivity contribution in [3.8, 4) is 0 Å². The van der Waals surface area contributed by atoms with Crippen molar-refractivity contribution in [1.82, 2.24) is 9.55 Å². The second-order valence-electron chi connectivity index (χ2n) is 4.00. The van der Waals surface area contributed by atoms with Crippen molar-refractivity contribution >= 4 is 16.9 Å². The summed E-state index contributed by atoms with van der Waals surface area (Å²) < 4.78 is 2.08. The molecule has 0 bridgehead atoms. The average Bonchev–Trinajstić information content (AvgIpc) is 2.79. The molecular weight excluding hydrogens is 216 g/mol. The number of hydrogen-bond donors (Lipinski definition) is 2. The van der Waals surface area contributed by atoms with Gasteiger partial charge in [0.15, 0.2) is 0 Å². The Morgan fingerprint density at radius 1 is 1.53 bits per heavy atom. The van der Waals surface area contributed by atoms with Crippen molar-refractivity contribution in [1.29, 1.82) is 0 Å². The van der Waals surface area contributed by atoms with Crippen LogP contribution in [-0.4, -0.2) is 20.6 Å². The molecule has 1 atom stereocenters. The third-order valence-electron chi connectivity index (χ3n) is 2.92. The summed E-state index contributed by atoms with van der Waals surface area (Å²) in [5, 5.41) is 11.7. The zero-order chi connectivity index (χ0) is 12.3. The molecule has 0 fully saturated rings. The van der Waals surface area contributed by atoms with Gasteiger partial charge in [0, 0.05) is 12.5 Å². The van der Waals surface area contributed by atoms with E-state index >= 15 is 0 Å². The van der Waals surface area contributed by atoms with Crippen molar-refractivity contribution in [2.24, 2.45) is 10.9 Å². The highest BCUT2D eigenvalue weighted by molar-refractivity contribution is 5.80. The topological polar surface area (TPSA) is 76.4 Å². The number of hydrogen-bond acceptors (Lipinski definition) is 3. The van der Waals surface area contributed by atoms with Crippen LogP contribution in [0, 0.1) is 0 Å². The lowest BCUT2D eigenvalue weighted by Gasteiger charge is -2.16. The van der Waals surface area contributed by atoms with Crippen LogP contribution in [0.1, 0.15) is 25.8 Å². The first-order valence-electron chi connectivity index (χ1n) is 5.64. The molecule has 17 heavy (non-hydrogen) atoms. The molecule has 0 aliphatic carbocycles. The van der Waals surface area contributed by atoms with Gasteiger partial charge < -0.3 is 15.5 Å². The molecule has 0 saturated heterocycles. The summed E-state index contributed by atoms with van der Waals surface area (Å²) in [6, 6.07) is 8.11. The van der Waals surface area contributed by atoms with E-state index in [0.29, 0.717) is 6.42 Å². The van der Waals surface area contributed by atoms with Crippen molar-refractivity contribution in [2.45, 2.75) is 25.8 Å². The van der Waals surface area contributed by atoms with Crippen LogP contribution >= 0.6 is 0 Å². The summed E-state index contributed by atoms with van der Waals surface area (Å²) in [4.78, 5) is 4.34. The summed E-state index contributed by atoms with van der Waals surface area (Å²) in [5.74, 6) is 0.245. The van der Waals surface area contributed by atoms with Gasteiger partial charge in [-0.2, -0.15) is 0 Å². The van der Waals surface area contributed by atoms with Gasteiger partial charge in [-0.3, -0.25) is 0 Å². The summed E-state index contributed by atoms with van der Waals surface area (Å²) in [6.07, 6.45) is 3.23. The maximum absolute atomic E-state index is 8.63. The molecule has 5 nitrogen and oxygen atoms in total. The van der Waals surface area contributed by atoms with Gasteiger partial charge in [0.05, 0.1) is 17.4 Å². The van der Waals surface area contributed by atoms with E-state index < -0.39 is 0 Å². The molecule has 0 saturated carbocycles. The van der Waals surface area contributed by atoms with Crippen LogP contribution < -0.4 is 5.73 Å². The van der Waals surface area contributed by atoms with Crippen LogP contribution in [0.5, 0.6) is 0 Å². The smallest absolute Gasteiger partial charge is 0.141 e. The van der Waals surface area contributed by atoms with Crippen LogP contribution in [-0.2, 0) is 0 Å². The van der Waals surface area contributed by atoms with E-state index in [4.69, 9.17) is 10.9 Å². The Balaban J connectivity index is 2.36. The highest BCUT2D eigenvalue weighted by Gasteiger charge is 2.13. The Hall–Kier alpha value is -2.04. The fraction of sp³-hybridized carbons (Fsp3) is 0.333. The summed E-state index contributed by atoms with van der Waals surface area (Å²) in [6.45, 7) is 2.07. The van der Waals surface area contributed by atoms with Crippen molar-refractivity contribution in [3.63, 3.8) is 0 Å². The predicted molar refractivity (Wildman–Crippen MR) is 67.1 cm³/mol. The SMILES string of the molecule is CCC(C/C(N)=N/O)n1cnc2ccccc21. The van der Waals surface area contributed by atoms with Gasteiger partial charge in [0.1, 0.15) is 5.84 Å². The summed E-state index contributed by atoms with van der Waals surface area (Å²) >= 11 is 0. The number of fused-ring (bicyclic) bond motifs is 1. The Morgan fingerprint density at radius 3 is 3.00 bits per heavy atom. The molecule has 1 aromatic carbocycles. The van der Waals surface area contributed by atoms with E-state index in [1.165, 1.54) is 0 Å². The van der Waals surface area contributed by atoms with Crippen LogP contribution in [0.3, 0.4) is 0 Å². The number of amidine groups is 1. The first-order chi connectivity index (χ1) is 8.26. The minimum Gasteiger partial charge on any atom is -0.409 e. The Kier molecular flexibility index (Phi) is 3.27. The highest BCUT2D eigenvalue weighted by Crippen LogP contribution is 2.22. The number of nitrogens with zero attached hydrogens (tertiary/aromatic N) is 3. The molecule has 1 aromatic heterocycles. The zero-order valence-electron chi connectivity index (χ0n) is 9.74. The van der Waals surface area contributed by atoms with Crippen LogP contribution in [0.15, 0.2) is 35.7 Å². The van der Waals surface area contributed by atoms with Gasteiger partial charge in [-0.25, -0.2) is 4.98 Å². The zero-order valence-corrected chi connectivity index (χ0v) is 9.74. The molecule has 90 valence electrons. The van der Waals surface area contributed by atoms with Gasteiger partial charge in [0.2, 0.25) is 0 Å². The maximum Gasteiger partial charge on any atom is 0.141 e. The Bertz CT molecular complexity index is 532. The molecule has 0 amide bonds. The standard InChI is InChI=1S/C12H16N4O/c1-2-9(7-12(13)15-17)16-8-14-10-5-3-4-6-11(10)16/h3-6,8-9,17H,2,7H2,1H3,(H2,13,15). The molecule has 0 radical (unpaired) electrons. The van der Waals surface area contributed by atoms with E-state index in [-0.39, 0.29) is 11.9 Å². The molecule has 5 heteroatoms. The summed E-state index contributed by atoms with van der Waals surface area (Å²) in [7, 11) is 0. The second-order valence-corrected chi connectivity index (χ2v) is 4.00. The van der Waals surface area contributed by atoms with E-state index in [0.717, 1.165) is 17.5 Å². The van der Waals surface area contributed by atoms with Crippen LogP contribution in [0.25, 0.3) is 11.0 Å². The molecule has 2 aromatic rings. The summed E-state index contributed by atoms with van der Waals surface area (Å²) in [5.41, 5.74) is 7.60. The lowest BCUT2D eigenvalue weighted by atomic mass is 10.1. The quantitative estimate of drug-likeness (QED) is 0.367. The van der Waals surface area contributed by atoms with Crippen molar-refractivity contribution < 1.29 is 5.21 Å². The highest BCUT2D eigenvalue weighted by atomic mass is 16.4. The van der Waals surface area contributed by atoms with Gasteiger partial charge in [-0.1, -0.05) is 24.2 Å². The molecule has 1 unspecified atom stereocenters. The fourth-order valence-electron chi connectivity index (χ4n) is 1.99. The van der Waals surface area contributed by atoms with E-state index in [1.807, 2.05) is 30.6 Å². The first-order valence-corrected chi connectivity index (χ1v) is 5.64. The number of oxime groups is 1. The number of rotatable bonds is 4. The lowest BCUT2D eigenvalue weighted by Crippen LogP contribution is -2.19. The van der Waals surface area contributed by atoms with E-state index in [9.17, 15) is 0 Å². The van der Waals surface area contributed by atoms with Crippen molar-refractivity contribution in [3.05, 3.63) is 30.6 Å². The second kappa shape index (κ2) is 4.86. The minimum absolute atomic E-state index is 0.165. The third-order valence-corrected chi connectivity index (χ3v) is 2.92. The Morgan fingerprint density at radius 2 is 2.29 bits per heavy atom. The number of para-hydroxylation sites is 2. The monoisotopic (exact) mass is 232 g/mol. The lowest BCUT2D eigenvalue weighted by molar-refractivity contribution is 0.315.